The van der Waals surface area contributed by atoms with Crippen molar-refractivity contribution in [1.82, 2.24) is 0 Å². The minimum absolute atomic E-state index is 0.00583. The molecule has 0 N–H and O–H groups in total. The predicted octanol–water partition coefficient (Wildman–Crippen LogP) is -0.476. The molecule has 0 aliphatic heterocycles. The van der Waals surface area contributed by atoms with E-state index >= 15 is 0 Å². The second-order valence-electron chi connectivity index (χ2n) is 4.66. The van der Waals surface area contributed by atoms with Crippen LogP contribution in [-0.2, 0) is 73.2 Å². The molecule has 0 bridgehead atoms. The van der Waals surface area contributed by atoms with Gasteiger partial charge in [-0.2, -0.15) is 0 Å². The van der Waals surface area contributed by atoms with Crippen molar-refractivity contribution in [2.75, 3.05) is 25.4 Å². The fraction of sp³-hybridized carbons (Fsp3) is 0.571. The summed E-state index contributed by atoms with van der Waals surface area (Å²) in [4.78, 5) is 66.2. The molecular formula is C14H17N3O9STc. The summed E-state index contributed by atoms with van der Waals surface area (Å²) in [6.07, 6.45) is -1.57. The van der Waals surface area contributed by atoms with Crippen molar-refractivity contribution < 1.29 is 60.6 Å². The van der Waals surface area contributed by atoms with Crippen LogP contribution >= 0.6 is 0 Å². The van der Waals surface area contributed by atoms with Crippen LogP contribution in [0, 0.1) is 0 Å². The van der Waals surface area contributed by atoms with E-state index < -0.39 is 49.6 Å². The fourth-order valence-electron chi connectivity index (χ4n) is 1.29. The van der Waals surface area contributed by atoms with E-state index in [0.717, 1.165) is 18.9 Å². The van der Waals surface area contributed by atoms with E-state index in [1.54, 1.807) is 0 Å². The van der Waals surface area contributed by atoms with Crippen LogP contribution in [0.15, 0.2) is 0 Å². The van der Waals surface area contributed by atoms with Crippen molar-refractivity contribution in [2.24, 2.45) is 0 Å². The molecule has 0 saturated carbocycles. The number of Topliss-reactive ketones (excluding diaryl/α,β-unsaturated/α-hetero) is 1. The Kier molecular flexibility index (Phi) is 18.2. The fourth-order valence-corrected chi connectivity index (χ4v) is 1.39. The summed E-state index contributed by atoms with van der Waals surface area (Å²) in [5, 5.41) is 10.1. The number of hydrogen-bond donors (Lipinski definition) is 0. The first-order valence-electron chi connectivity index (χ1n) is 7.40. The van der Waals surface area contributed by atoms with Crippen LogP contribution in [0.5, 0.6) is 0 Å². The van der Waals surface area contributed by atoms with Gasteiger partial charge < -0.3 is 57.2 Å². The molecule has 0 spiro atoms. The second-order valence-corrected chi connectivity index (χ2v) is 4.95. The number of hydrogen-bond acceptors (Lipinski definition) is 10. The first-order chi connectivity index (χ1) is 13.3. The van der Waals surface area contributed by atoms with Crippen LogP contribution in [-0.4, -0.2) is 67.6 Å². The second kappa shape index (κ2) is 18.2. The molecule has 12 nitrogen and oxygen atoms in total. The van der Waals surface area contributed by atoms with E-state index in [1.807, 2.05) is 0 Å². The molecule has 1 atom stereocenters. The van der Waals surface area contributed by atoms with Crippen LogP contribution in [0.2, 0.25) is 0 Å². The van der Waals surface area contributed by atoms with E-state index in [2.05, 4.69) is 33.3 Å². The predicted molar refractivity (Wildman–Crippen MR) is 89.6 cm³/mol. The molecule has 0 radical (unpaired) electrons. The molecule has 0 aliphatic carbocycles. The van der Waals surface area contributed by atoms with Crippen LogP contribution in [0.25, 0.3) is 16.0 Å². The first-order valence-corrected chi connectivity index (χ1v) is 8.74. The number of ketones is 1. The maximum absolute atomic E-state index is 11.6. The number of nitrogens with zero attached hydrogens (tertiary/aromatic N) is 3. The standard InChI is InChI=1S/C14H21N3O8S.O.Tc/c1-9(19)2-3-14(23)24-6-13(25-8-18)17-11(21)5-15-10(20)4-16-12(22)7-26;;/h8,13H,2-7H2,1H3,(H4,15,16,17,20,21,22,26);;/q;;+4/p-4. The Bertz CT molecular complexity index is 562. The third kappa shape index (κ3) is 17.2. The van der Waals surface area contributed by atoms with Crippen LogP contribution in [0.3, 0.4) is 0 Å². The zero-order valence-electron chi connectivity index (χ0n) is 14.7. The molecule has 0 aromatic rings. The zero-order valence-corrected chi connectivity index (χ0v) is 17.4. The molecule has 28 heavy (non-hydrogen) atoms. The van der Waals surface area contributed by atoms with Crippen molar-refractivity contribution in [3.05, 3.63) is 16.0 Å². The van der Waals surface area contributed by atoms with Gasteiger partial charge in [0, 0.05) is 24.1 Å². The normalized spacial score (nSPS) is 10.3. The number of rotatable bonds is 13. The van der Waals surface area contributed by atoms with Gasteiger partial charge in [0.25, 0.3) is 6.47 Å². The van der Waals surface area contributed by atoms with Crippen molar-refractivity contribution in [1.29, 1.82) is 0 Å². The van der Waals surface area contributed by atoms with E-state index in [4.69, 9.17) is 8.24 Å². The van der Waals surface area contributed by atoms with Crippen LogP contribution < -0.4 is 0 Å². The van der Waals surface area contributed by atoms with Gasteiger partial charge in [-0.1, -0.05) is 13.1 Å². The van der Waals surface area contributed by atoms with Crippen LogP contribution in [0.4, 0.5) is 0 Å². The summed E-state index contributed by atoms with van der Waals surface area (Å²) < 4.78 is 17.4. The monoisotopic (exact) mass is 500 g/mol. The van der Waals surface area contributed by atoms with Gasteiger partial charge >= 0.3 is 28.3 Å². The molecule has 0 rings (SSSR count). The molecule has 0 saturated heterocycles. The molecule has 1 unspecified atom stereocenters. The molecule has 3 amide bonds. The molecule has 0 aliphatic rings. The van der Waals surface area contributed by atoms with Crippen molar-refractivity contribution in [3.63, 3.8) is 0 Å². The quantitative estimate of drug-likeness (QED) is 0.182. The third-order valence-corrected chi connectivity index (χ3v) is 2.72. The van der Waals surface area contributed by atoms with E-state index in [-0.39, 0.29) is 30.8 Å². The van der Waals surface area contributed by atoms with Gasteiger partial charge in [0.1, 0.15) is 12.4 Å². The Hall–Kier alpha value is -2.18. The maximum atomic E-state index is 11.6. The average Bonchev–Trinajstić information content (AvgIpc) is 2.68. The topological polar surface area (TPSA) is 180 Å². The van der Waals surface area contributed by atoms with E-state index in [1.165, 1.54) is 6.92 Å². The van der Waals surface area contributed by atoms with Crippen molar-refractivity contribution >= 4 is 48.6 Å². The van der Waals surface area contributed by atoms with Gasteiger partial charge in [-0.05, 0) is 6.92 Å². The first kappa shape index (κ1) is 28.0. The molecule has 0 aromatic heterocycles. The van der Waals surface area contributed by atoms with Gasteiger partial charge in [0.2, 0.25) is 0 Å². The summed E-state index contributed by atoms with van der Waals surface area (Å²) in [6.45, 7) is -0.410. The summed E-state index contributed by atoms with van der Waals surface area (Å²) in [6, 6.07) is 0. The SMILES string of the molecule is CC(=O)CCC(=O)OCC([N-]C(=O)C[N-]C(=O)C[N-]C(=O)C[S-])OC=O.[O]=[Tc+4]. The summed E-state index contributed by atoms with van der Waals surface area (Å²) >= 11 is 5.33. The molecule has 0 heterocycles. The molecule has 14 heteroatoms. The number of esters is 1. The summed E-state index contributed by atoms with van der Waals surface area (Å²) in [5.41, 5.74) is 0. The van der Waals surface area contributed by atoms with Crippen molar-refractivity contribution in [3.8, 4) is 0 Å². The summed E-state index contributed by atoms with van der Waals surface area (Å²) in [5.74, 6) is -3.58. The van der Waals surface area contributed by atoms with Gasteiger partial charge in [-0.3, -0.25) is 9.59 Å². The Morgan fingerprint density at radius 3 is 2.11 bits per heavy atom. The van der Waals surface area contributed by atoms with Gasteiger partial charge in [0.05, 0.1) is 12.6 Å². The van der Waals surface area contributed by atoms with Gasteiger partial charge in [0.15, 0.2) is 0 Å². The zero-order chi connectivity index (χ0) is 21.9. The van der Waals surface area contributed by atoms with Crippen LogP contribution in [0.1, 0.15) is 19.8 Å². The third-order valence-electron chi connectivity index (χ3n) is 2.47. The molecule has 0 aromatic carbocycles. The molecule has 0 fully saturated rings. The number of carbonyl (C=O) groups excluding carboxylic acids is 6. The Balaban J connectivity index is 0. The van der Waals surface area contributed by atoms with Gasteiger partial charge in [-0.15, -0.1) is 5.75 Å². The Labute approximate surface area is 176 Å². The average molecular weight is 501 g/mol. The summed E-state index contributed by atoms with van der Waals surface area (Å²) in [7, 11) is 0. The van der Waals surface area contributed by atoms with E-state index in [0.29, 0.717) is 0 Å². The van der Waals surface area contributed by atoms with Crippen molar-refractivity contribution in [2.45, 2.75) is 26.0 Å². The van der Waals surface area contributed by atoms with E-state index in [9.17, 15) is 28.8 Å². The van der Waals surface area contributed by atoms with Gasteiger partial charge in [-0.25, -0.2) is 0 Å². The minimum atomic E-state index is -1.40. The number of amides is 3. The Morgan fingerprint density at radius 1 is 1.00 bits per heavy atom. The molecular weight excluding hydrogens is 484 g/mol. The molecule has 155 valence electrons. The number of carbonyl (C=O) groups is 6. The Morgan fingerprint density at radius 2 is 1.57 bits per heavy atom. The number of ether oxygens (including phenoxy) is 2.